The van der Waals surface area contributed by atoms with E-state index in [1.807, 2.05) is 6.07 Å². The van der Waals surface area contributed by atoms with Gasteiger partial charge in [-0.3, -0.25) is 9.59 Å². The Labute approximate surface area is 179 Å². The fourth-order valence-electron chi connectivity index (χ4n) is 4.98. The second-order valence-corrected chi connectivity index (χ2v) is 8.53. The Hall–Kier alpha value is -3.33. The zero-order chi connectivity index (χ0) is 21.7. The van der Waals surface area contributed by atoms with Crippen molar-refractivity contribution in [3.63, 3.8) is 0 Å². The van der Waals surface area contributed by atoms with Crippen LogP contribution in [-0.2, 0) is 4.79 Å². The second-order valence-electron chi connectivity index (χ2n) is 8.53. The molecule has 2 aliphatic rings. The van der Waals surface area contributed by atoms with Crippen molar-refractivity contribution in [3.8, 4) is 11.1 Å². The molecule has 160 valence electrons. The Morgan fingerprint density at radius 2 is 1.90 bits per heavy atom. The van der Waals surface area contributed by atoms with Gasteiger partial charge < -0.3 is 16.4 Å². The highest BCUT2D eigenvalue weighted by Crippen LogP contribution is 2.39. The van der Waals surface area contributed by atoms with Gasteiger partial charge in [0.1, 0.15) is 11.6 Å². The van der Waals surface area contributed by atoms with E-state index in [-0.39, 0.29) is 17.6 Å². The molecule has 2 bridgehead atoms. The molecule has 9 heteroatoms. The number of piperidine rings is 1. The van der Waals surface area contributed by atoms with E-state index < -0.39 is 0 Å². The van der Waals surface area contributed by atoms with Crippen LogP contribution in [0.15, 0.2) is 24.5 Å². The first-order chi connectivity index (χ1) is 14.9. The zero-order valence-electron chi connectivity index (χ0n) is 17.6. The molecule has 1 amide bonds. The quantitative estimate of drug-likeness (QED) is 0.555. The molecule has 0 aliphatic carbocycles. The van der Waals surface area contributed by atoms with Crippen molar-refractivity contribution in [1.82, 2.24) is 24.9 Å². The molecule has 0 saturated carbocycles. The molecule has 31 heavy (non-hydrogen) atoms. The van der Waals surface area contributed by atoms with Gasteiger partial charge in [-0.2, -0.15) is 9.61 Å². The van der Waals surface area contributed by atoms with Gasteiger partial charge >= 0.3 is 0 Å². The molecule has 5 rings (SSSR count). The molecule has 0 radical (unpaired) electrons. The fourth-order valence-corrected chi connectivity index (χ4v) is 4.98. The van der Waals surface area contributed by atoms with E-state index in [1.165, 1.54) is 31.2 Å². The van der Waals surface area contributed by atoms with E-state index in [9.17, 15) is 9.59 Å². The van der Waals surface area contributed by atoms with Crippen LogP contribution in [0.4, 0.5) is 11.6 Å². The Balaban J connectivity index is 1.61. The lowest BCUT2D eigenvalue weighted by Crippen LogP contribution is -2.38. The highest BCUT2D eigenvalue weighted by molar-refractivity contribution is 6.00. The maximum atomic E-state index is 12.5. The molecule has 2 saturated heterocycles. The fraction of sp³-hybridized carbons (Fsp3) is 0.409. The van der Waals surface area contributed by atoms with E-state index in [0.717, 1.165) is 29.7 Å². The van der Waals surface area contributed by atoms with Crippen LogP contribution in [0.25, 0.3) is 16.8 Å². The Morgan fingerprint density at radius 1 is 1.16 bits per heavy atom. The third-order valence-corrected chi connectivity index (χ3v) is 6.30. The summed E-state index contributed by atoms with van der Waals surface area (Å²) >= 11 is 0. The number of rotatable bonds is 4. The molecule has 9 nitrogen and oxygen atoms in total. The van der Waals surface area contributed by atoms with Crippen LogP contribution in [0.5, 0.6) is 0 Å². The molecule has 0 aromatic carbocycles. The lowest BCUT2D eigenvalue weighted by atomic mass is 9.86. The van der Waals surface area contributed by atoms with Gasteiger partial charge in [-0.05, 0) is 44.7 Å². The Bertz CT molecular complexity index is 1170. The maximum absolute atomic E-state index is 12.5. The summed E-state index contributed by atoms with van der Waals surface area (Å²) in [6.45, 7) is 2.97. The molecule has 1 unspecified atom stereocenters. The van der Waals surface area contributed by atoms with Gasteiger partial charge in [-0.1, -0.05) is 0 Å². The van der Waals surface area contributed by atoms with Crippen molar-refractivity contribution >= 4 is 29.0 Å². The van der Waals surface area contributed by atoms with Crippen molar-refractivity contribution in [2.45, 2.75) is 57.5 Å². The predicted octanol–water partition coefficient (Wildman–Crippen LogP) is 2.53. The topological polar surface area (TPSA) is 127 Å². The zero-order valence-corrected chi connectivity index (χ0v) is 17.6. The van der Waals surface area contributed by atoms with Crippen LogP contribution >= 0.6 is 0 Å². The molecule has 0 spiro atoms. The number of pyridine rings is 1. The average molecular weight is 419 g/mol. The van der Waals surface area contributed by atoms with Crippen molar-refractivity contribution in [1.29, 1.82) is 0 Å². The number of nitrogens with zero attached hydrogens (tertiary/aromatic N) is 4. The number of ketones is 1. The number of aromatic nitrogens is 4. The van der Waals surface area contributed by atoms with Gasteiger partial charge in [0.25, 0.3) is 0 Å². The smallest absolute Gasteiger partial charge is 0.222 e. The Morgan fingerprint density at radius 3 is 2.52 bits per heavy atom. The number of carbonyl (C=O) groups excluding carboxylic acids is 2. The number of hydrogen-bond donors (Lipinski definition) is 3. The first kappa shape index (κ1) is 19.6. The van der Waals surface area contributed by atoms with Crippen molar-refractivity contribution in [3.05, 3.63) is 35.8 Å². The third-order valence-electron chi connectivity index (χ3n) is 6.30. The lowest BCUT2D eigenvalue weighted by molar-refractivity contribution is -0.114. The number of hydrogen-bond acceptors (Lipinski definition) is 7. The number of Topliss-reactive ketones (excluding diaryl/α,β-unsaturated/α-hetero) is 1. The number of amides is 1. The molecule has 2 aliphatic heterocycles. The van der Waals surface area contributed by atoms with E-state index in [2.05, 4.69) is 20.7 Å². The summed E-state index contributed by atoms with van der Waals surface area (Å²) in [6.07, 6.45) is 7.60. The van der Waals surface area contributed by atoms with Crippen LogP contribution in [0, 0.1) is 0 Å². The van der Waals surface area contributed by atoms with Crippen LogP contribution in [0.3, 0.4) is 0 Å². The SMILES string of the molecule is CC(=O)Nc1ccc(-c2cnn3c(N)c(C(C)=O)c(C4C[C@H]5CC[C@@H](C4)N5)nc23)cn1. The summed E-state index contributed by atoms with van der Waals surface area (Å²) in [7, 11) is 0. The van der Waals surface area contributed by atoms with Crippen LogP contribution in [-0.4, -0.2) is 43.4 Å². The minimum atomic E-state index is -0.178. The molecule has 4 N–H and O–H groups in total. The Kier molecular flexibility index (Phi) is 4.70. The number of nitrogens with two attached hydrogens (primary N) is 1. The van der Waals surface area contributed by atoms with Gasteiger partial charge in [0.05, 0.1) is 17.5 Å². The number of fused-ring (bicyclic) bond motifs is 3. The predicted molar refractivity (Wildman–Crippen MR) is 117 cm³/mol. The molecular formula is C22H25N7O2. The standard InChI is InChI=1S/C22H25N7O2/c1-11(30)19-20(14-7-15-4-5-16(8-14)27-15)28-22-17(10-25-29(22)21(19)23)13-3-6-18(24-9-13)26-12(2)31/h3,6,9-10,14-16,27H,4-5,7-8,23H2,1-2H3,(H,24,26,31)/t14?,15-,16+. The largest absolute Gasteiger partial charge is 0.383 e. The summed E-state index contributed by atoms with van der Waals surface area (Å²) in [5.41, 5.74) is 9.90. The molecule has 3 atom stereocenters. The van der Waals surface area contributed by atoms with Gasteiger partial charge in [-0.15, -0.1) is 0 Å². The summed E-state index contributed by atoms with van der Waals surface area (Å²) in [5, 5.41) is 10.7. The number of nitrogens with one attached hydrogen (secondary N) is 2. The summed E-state index contributed by atoms with van der Waals surface area (Å²) < 4.78 is 1.53. The van der Waals surface area contributed by atoms with Crippen molar-refractivity contribution < 1.29 is 9.59 Å². The molecule has 3 aromatic rings. The first-order valence-corrected chi connectivity index (χ1v) is 10.6. The maximum Gasteiger partial charge on any atom is 0.222 e. The van der Waals surface area contributed by atoms with Crippen LogP contribution in [0.2, 0.25) is 0 Å². The minimum absolute atomic E-state index is 0.0915. The summed E-state index contributed by atoms with van der Waals surface area (Å²) in [6, 6.07) is 4.53. The van der Waals surface area contributed by atoms with Crippen LogP contribution in [0.1, 0.15) is 61.5 Å². The average Bonchev–Trinajstić information content (AvgIpc) is 3.30. The molecule has 3 aromatic heterocycles. The molecule has 2 fully saturated rings. The van der Waals surface area contributed by atoms with Crippen LogP contribution < -0.4 is 16.4 Å². The van der Waals surface area contributed by atoms with Crippen molar-refractivity contribution in [2.24, 2.45) is 0 Å². The van der Waals surface area contributed by atoms with Gasteiger partial charge in [0, 0.05) is 42.2 Å². The van der Waals surface area contributed by atoms with E-state index in [4.69, 9.17) is 10.7 Å². The number of carbonyl (C=O) groups is 2. The van der Waals surface area contributed by atoms with Crippen molar-refractivity contribution in [2.75, 3.05) is 11.1 Å². The summed E-state index contributed by atoms with van der Waals surface area (Å²) in [4.78, 5) is 33.0. The van der Waals surface area contributed by atoms with Gasteiger partial charge in [0.2, 0.25) is 5.91 Å². The number of anilines is 2. The molecule has 5 heterocycles. The van der Waals surface area contributed by atoms with E-state index in [0.29, 0.717) is 34.9 Å². The van der Waals surface area contributed by atoms with E-state index in [1.54, 1.807) is 18.5 Å². The second kappa shape index (κ2) is 7.42. The first-order valence-electron chi connectivity index (χ1n) is 10.6. The van der Waals surface area contributed by atoms with E-state index >= 15 is 0 Å². The highest BCUT2D eigenvalue weighted by Gasteiger charge is 2.37. The van der Waals surface area contributed by atoms with Gasteiger partial charge in [-0.25, -0.2) is 9.97 Å². The number of nitrogen functional groups attached to an aromatic ring is 1. The normalized spacial score (nSPS) is 22.6. The highest BCUT2D eigenvalue weighted by atomic mass is 16.1. The summed E-state index contributed by atoms with van der Waals surface area (Å²) in [5.74, 6) is 0.722. The minimum Gasteiger partial charge on any atom is -0.383 e. The monoisotopic (exact) mass is 419 g/mol. The lowest BCUT2D eigenvalue weighted by Gasteiger charge is -2.30. The molecular weight excluding hydrogens is 394 g/mol. The third kappa shape index (κ3) is 3.44. The van der Waals surface area contributed by atoms with Gasteiger partial charge in [0.15, 0.2) is 11.4 Å².